The average molecular weight is 1800 g/mol. The topological polar surface area (TPSA) is 271 Å². The SMILES string of the molecule is COCCN1CCN(Cc2cnc3sc(-c4ccccc4NC(=O)c4cccc(-c5ccccc5)n4)nc3c2)CC1.COc1ccc(C(=O)Nc2ccccc2-c2cn3ccccc3n2)c(OC)c1.COc1ccc(C(=O)Nc2ccccc2-c2cn3ccccc3n2)cc1OC.O=C(Nc1ccccc1-c1nc2cc(CN3CCCC3)cnc2s1)c1cccc(-c2ccccc2)c1. The molecule has 4 N–H and O–H groups in total. The summed E-state index contributed by atoms with van der Waals surface area (Å²) in [6, 6.07) is 90.0. The van der Waals surface area contributed by atoms with Crippen LogP contribution in [0, 0.1) is 0 Å². The van der Waals surface area contributed by atoms with Gasteiger partial charge < -0.3 is 53.8 Å². The maximum atomic E-state index is 13.2. The number of amides is 4. The van der Waals surface area contributed by atoms with E-state index in [0.29, 0.717) is 62.4 Å². The van der Waals surface area contributed by atoms with Gasteiger partial charge in [0.1, 0.15) is 59.2 Å². The third-order valence-electron chi connectivity index (χ3n) is 22.7. The van der Waals surface area contributed by atoms with E-state index in [9.17, 15) is 19.2 Å². The number of anilines is 4. The first kappa shape index (κ1) is 89.5. The van der Waals surface area contributed by atoms with Gasteiger partial charge in [-0.15, -0.1) is 0 Å². The Morgan fingerprint density at radius 2 is 0.835 bits per heavy atom. The lowest BCUT2D eigenvalue weighted by Crippen LogP contribution is -2.46. The van der Waals surface area contributed by atoms with Crippen LogP contribution in [0.15, 0.2) is 322 Å². The van der Waals surface area contributed by atoms with E-state index in [2.05, 4.69) is 68.0 Å². The van der Waals surface area contributed by atoms with Gasteiger partial charge in [0.05, 0.1) is 80.4 Å². The van der Waals surface area contributed by atoms with Gasteiger partial charge >= 0.3 is 0 Å². The molecule has 133 heavy (non-hydrogen) atoms. The van der Waals surface area contributed by atoms with Crippen LogP contribution in [0.3, 0.4) is 0 Å². The molecule has 0 unspecified atom stereocenters. The molecule has 2 saturated heterocycles. The molecule has 18 aromatic rings. The first-order valence-electron chi connectivity index (χ1n) is 43.6. The second kappa shape index (κ2) is 42.8. The smallest absolute Gasteiger partial charge is 0.274 e. The van der Waals surface area contributed by atoms with Gasteiger partial charge in [0.2, 0.25) is 0 Å². The molecule has 11 heterocycles. The number of thiazole rings is 2. The summed E-state index contributed by atoms with van der Waals surface area (Å²) in [4.78, 5) is 94.5. The number of likely N-dealkylation sites (tertiary alicyclic amines) is 1. The van der Waals surface area contributed by atoms with Crippen molar-refractivity contribution in [1.29, 1.82) is 0 Å². The van der Waals surface area contributed by atoms with Gasteiger partial charge in [-0.1, -0.05) is 174 Å². The number of hydrogen-bond acceptors (Lipinski definition) is 21. The molecular weight excluding hydrogens is 1710 g/mol. The van der Waals surface area contributed by atoms with E-state index in [1.54, 1.807) is 75.1 Å². The Kier molecular flexibility index (Phi) is 28.8. The Morgan fingerprint density at radius 3 is 1.38 bits per heavy atom. The number of ether oxygens (including phenoxy) is 5. The predicted octanol–water partition coefficient (Wildman–Crippen LogP) is 20.9. The molecular formula is C106H96N16O9S2. The number of methoxy groups -OCH3 is 5. The normalized spacial score (nSPS) is 12.6. The van der Waals surface area contributed by atoms with E-state index in [1.807, 2.05) is 277 Å². The number of nitrogens with one attached hydrogen (secondary N) is 4. The fourth-order valence-electron chi connectivity index (χ4n) is 15.8. The van der Waals surface area contributed by atoms with Gasteiger partial charge in [-0.25, -0.2) is 34.9 Å². The summed E-state index contributed by atoms with van der Waals surface area (Å²) < 4.78 is 30.2. The van der Waals surface area contributed by atoms with Crippen LogP contribution in [0.25, 0.3) is 98.0 Å². The lowest BCUT2D eigenvalue weighted by atomic mass is 10.0. The number of aromatic nitrogens is 9. The first-order valence-corrected chi connectivity index (χ1v) is 45.2. The number of hydrogen-bond donors (Lipinski definition) is 4. The Hall–Kier alpha value is -15.5. The summed E-state index contributed by atoms with van der Waals surface area (Å²) >= 11 is 3.08. The third-order valence-corrected chi connectivity index (χ3v) is 24.7. The fourth-order valence-corrected chi connectivity index (χ4v) is 17.7. The summed E-state index contributed by atoms with van der Waals surface area (Å²) in [7, 11) is 7.94. The molecule has 0 saturated carbocycles. The second-order valence-electron chi connectivity index (χ2n) is 31.5. The van der Waals surface area contributed by atoms with E-state index in [-0.39, 0.29) is 23.6 Å². The highest BCUT2D eigenvalue weighted by Crippen LogP contribution is 2.39. The van der Waals surface area contributed by atoms with Crippen LogP contribution in [0.1, 0.15) is 65.5 Å². The van der Waals surface area contributed by atoms with E-state index in [1.165, 1.54) is 44.0 Å². The summed E-state index contributed by atoms with van der Waals surface area (Å²) in [6.07, 6.45) is 14.2. The summed E-state index contributed by atoms with van der Waals surface area (Å²) in [6.45, 7) is 10.0. The number of benzene rings is 9. The number of carbonyl (C=O) groups is 4. The van der Waals surface area contributed by atoms with Crippen molar-refractivity contribution in [3.05, 3.63) is 356 Å². The number of carbonyl (C=O) groups excluding carboxylic acids is 4. The number of para-hydroxylation sites is 4. The lowest BCUT2D eigenvalue weighted by molar-refractivity contribution is 0.0938. The van der Waals surface area contributed by atoms with Crippen molar-refractivity contribution in [2.24, 2.45) is 0 Å². The molecule has 2 aliphatic heterocycles. The van der Waals surface area contributed by atoms with E-state index < -0.39 is 0 Å². The lowest BCUT2D eigenvalue weighted by Gasteiger charge is -2.34. The fraction of sp³-hybridized carbons (Fsp3) is 0.160. The number of pyridine rings is 5. The Morgan fingerprint density at radius 1 is 0.361 bits per heavy atom. The molecule has 9 aromatic carbocycles. The number of rotatable bonds is 25. The molecule has 2 fully saturated rings. The molecule has 0 aliphatic carbocycles. The molecule has 0 radical (unpaired) electrons. The first-order chi connectivity index (χ1) is 65.3. The minimum Gasteiger partial charge on any atom is -0.497 e. The van der Waals surface area contributed by atoms with Crippen molar-refractivity contribution in [2.45, 2.75) is 25.9 Å². The predicted molar refractivity (Wildman–Crippen MR) is 528 cm³/mol. The van der Waals surface area contributed by atoms with Gasteiger partial charge in [0.15, 0.2) is 11.5 Å². The van der Waals surface area contributed by atoms with Crippen LogP contribution in [0.4, 0.5) is 22.7 Å². The Labute approximate surface area is 777 Å². The van der Waals surface area contributed by atoms with Crippen molar-refractivity contribution in [3.8, 4) is 89.0 Å². The standard InChI is InChI=1S/C32H32N6O2S.C30H26N4OS.2C22H19N3O3/c1-40-19-18-37-14-16-38(17-15-37)22-23-20-29-32(33-21-23)41-31(36-29)25-10-5-6-11-27(25)35-30(39)28-13-7-12-26(34-28)24-8-3-2-4-9-24;35-28(24-12-8-11-23(18-24)22-9-2-1-3-10-22)32-26-14-5-4-13-25(26)29-33-27-17-21(19-31-30(27)36-29)20-34-15-6-7-16-34;1-27-15-10-11-17(20(13-15)28-2)22(26)24-18-8-4-3-7-16(18)19-14-25-12-6-5-9-21(25)23-19;1-27-19-11-10-15(13-20(19)28-2)22(26)24-17-8-4-3-7-16(17)18-14-25-12-6-5-9-21(25)23-18/h2-13,20-21H,14-19,22H2,1H3,(H,35,39);1-5,8-14,17-19H,6-7,15-16,20H2,(H,32,35);2*3-14H,1-2H3,(H,24,26). The highest BCUT2D eigenvalue weighted by atomic mass is 32.1. The molecule has 666 valence electrons. The third kappa shape index (κ3) is 22.0. The second-order valence-corrected chi connectivity index (χ2v) is 33.5. The van der Waals surface area contributed by atoms with Crippen LogP contribution in [0.5, 0.6) is 23.0 Å². The maximum absolute atomic E-state index is 13.2. The highest BCUT2D eigenvalue weighted by molar-refractivity contribution is 7.21. The molecule has 20 rings (SSSR count). The quantitative estimate of drug-likeness (QED) is 0.0414. The zero-order valence-corrected chi connectivity index (χ0v) is 75.6. The number of fused-ring (bicyclic) bond motifs is 4. The largest absolute Gasteiger partial charge is 0.497 e. The maximum Gasteiger partial charge on any atom is 0.274 e. The molecule has 0 atom stereocenters. The molecule has 25 nitrogen and oxygen atoms in total. The van der Waals surface area contributed by atoms with Crippen LogP contribution in [-0.4, -0.2) is 170 Å². The van der Waals surface area contributed by atoms with Crippen molar-refractivity contribution < 1.29 is 42.9 Å². The van der Waals surface area contributed by atoms with Gasteiger partial charge in [-0.2, -0.15) is 0 Å². The monoisotopic (exact) mass is 1800 g/mol. The zero-order chi connectivity index (χ0) is 91.4. The summed E-state index contributed by atoms with van der Waals surface area (Å²) in [5.74, 6) is 1.23. The molecule has 2 aliphatic rings. The van der Waals surface area contributed by atoms with Crippen LogP contribution in [0.2, 0.25) is 0 Å². The number of piperazine rings is 1. The summed E-state index contributed by atoms with van der Waals surface area (Å²) in [5, 5.41) is 13.8. The van der Waals surface area contributed by atoms with Crippen molar-refractivity contribution in [3.63, 3.8) is 0 Å². The molecule has 9 aromatic heterocycles. The van der Waals surface area contributed by atoms with Gasteiger partial charge in [0.25, 0.3) is 23.6 Å². The minimum absolute atomic E-state index is 0.146. The van der Waals surface area contributed by atoms with Crippen LogP contribution in [-0.2, 0) is 17.8 Å². The molecule has 27 heteroatoms. The number of imidazole rings is 2. The Balaban J connectivity index is 0.000000125. The average Bonchev–Trinajstić information content (AvgIpc) is 1.66. The summed E-state index contributed by atoms with van der Waals surface area (Å²) in [5.41, 5.74) is 19.3. The van der Waals surface area contributed by atoms with E-state index in [0.717, 1.165) is 175 Å². The van der Waals surface area contributed by atoms with E-state index in [4.69, 9.17) is 38.6 Å². The highest BCUT2D eigenvalue weighted by Gasteiger charge is 2.24. The zero-order valence-electron chi connectivity index (χ0n) is 73.9. The number of nitrogens with zero attached hydrogens (tertiary/aromatic N) is 12. The van der Waals surface area contributed by atoms with E-state index >= 15 is 0 Å². The van der Waals surface area contributed by atoms with Crippen molar-refractivity contribution >= 4 is 101 Å². The molecule has 0 spiro atoms. The van der Waals surface area contributed by atoms with Crippen LogP contribution >= 0.6 is 22.7 Å². The van der Waals surface area contributed by atoms with Crippen molar-refractivity contribution in [1.82, 2.24) is 58.4 Å². The van der Waals surface area contributed by atoms with Crippen molar-refractivity contribution in [2.75, 3.05) is 109 Å². The molecule has 4 amide bonds. The van der Waals surface area contributed by atoms with Crippen LogP contribution < -0.4 is 40.2 Å². The molecule has 0 bridgehead atoms. The van der Waals surface area contributed by atoms with Gasteiger partial charge in [-0.3, -0.25) is 33.9 Å². The van der Waals surface area contributed by atoms with Gasteiger partial charge in [-0.05, 0) is 176 Å². The Bertz CT molecular complexity index is 7070. The minimum atomic E-state index is -0.268. The van der Waals surface area contributed by atoms with Gasteiger partial charge in [0, 0.05) is 135 Å².